The molecule has 0 saturated heterocycles. The van der Waals surface area contributed by atoms with Crippen molar-refractivity contribution in [2.75, 3.05) is 24.7 Å². The molecule has 0 aliphatic heterocycles. The van der Waals surface area contributed by atoms with Crippen LogP contribution in [0.2, 0.25) is 0 Å². The van der Waals surface area contributed by atoms with Crippen molar-refractivity contribution in [3.63, 3.8) is 0 Å². The lowest BCUT2D eigenvalue weighted by atomic mass is 10.1. The third-order valence-corrected chi connectivity index (χ3v) is 3.68. The molecule has 1 aromatic rings. The molecule has 5 heteroatoms. The lowest BCUT2D eigenvalue weighted by Crippen LogP contribution is -2.28. The number of carbonyl (C=O) groups excluding carboxylic acids is 1. The van der Waals surface area contributed by atoms with Gasteiger partial charge in [0.1, 0.15) is 6.61 Å². The average Bonchev–Trinajstić information content (AvgIpc) is 2.45. The molecule has 0 saturated carbocycles. The topological polar surface area (TPSA) is 66.4 Å². The number of rotatable bonds is 5. The van der Waals surface area contributed by atoms with Gasteiger partial charge >= 0.3 is 0 Å². The maximum Gasteiger partial charge on any atom is 0.251 e. The molecule has 1 unspecified atom stereocenters. The van der Waals surface area contributed by atoms with Gasteiger partial charge in [0, 0.05) is 40.0 Å². The van der Waals surface area contributed by atoms with Crippen LogP contribution in [0.3, 0.4) is 0 Å². The van der Waals surface area contributed by atoms with E-state index in [0.717, 1.165) is 0 Å². The molecular weight excluding hydrogens is 262 g/mol. The molecule has 1 rings (SSSR count). The maximum atomic E-state index is 11.8. The van der Waals surface area contributed by atoms with E-state index in [9.17, 15) is 9.00 Å². The number of nitrogens with one attached hydrogen (secondary N) is 1. The quantitative estimate of drug-likeness (QED) is 0.773. The number of hydrogen-bond acceptors (Lipinski definition) is 3. The Hall–Kier alpha value is -1.64. The zero-order valence-corrected chi connectivity index (χ0v) is 11.6. The summed E-state index contributed by atoms with van der Waals surface area (Å²) in [6, 6.07) is 6.86. The molecule has 0 heterocycles. The molecular formula is C14H17NO3S. The standard InChI is InChI=1S/C14H17NO3S/c1-2-19(18)10-8-15-14(17)13-7-3-5-12(11-13)6-4-9-16/h3,5,7,11,16H,2,8-10H2,1H3,(H,15,17). The fourth-order valence-electron chi connectivity index (χ4n) is 1.40. The molecule has 0 spiro atoms. The first-order chi connectivity index (χ1) is 9.17. The minimum atomic E-state index is -0.873. The monoisotopic (exact) mass is 279 g/mol. The van der Waals surface area contributed by atoms with E-state index in [2.05, 4.69) is 17.2 Å². The second kappa shape index (κ2) is 8.46. The molecule has 1 amide bonds. The Morgan fingerprint density at radius 3 is 2.95 bits per heavy atom. The Labute approximate surface area is 115 Å². The van der Waals surface area contributed by atoms with Gasteiger partial charge in [0.25, 0.3) is 5.91 Å². The molecule has 0 aliphatic rings. The fraction of sp³-hybridized carbons (Fsp3) is 0.357. The summed E-state index contributed by atoms with van der Waals surface area (Å²) in [7, 11) is -0.873. The lowest BCUT2D eigenvalue weighted by molar-refractivity contribution is 0.0956. The maximum absolute atomic E-state index is 11.8. The minimum absolute atomic E-state index is 0.208. The Balaban J connectivity index is 2.59. The van der Waals surface area contributed by atoms with Crippen LogP contribution in [-0.4, -0.2) is 39.9 Å². The van der Waals surface area contributed by atoms with E-state index in [1.807, 2.05) is 6.92 Å². The zero-order valence-electron chi connectivity index (χ0n) is 10.8. The van der Waals surface area contributed by atoms with Crippen LogP contribution in [0.1, 0.15) is 22.8 Å². The zero-order chi connectivity index (χ0) is 14.1. The largest absolute Gasteiger partial charge is 0.384 e. The van der Waals surface area contributed by atoms with Gasteiger partial charge in [-0.1, -0.05) is 24.8 Å². The van der Waals surface area contributed by atoms with Gasteiger partial charge in [0.05, 0.1) is 0 Å². The van der Waals surface area contributed by atoms with Crippen LogP contribution >= 0.6 is 0 Å². The minimum Gasteiger partial charge on any atom is -0.384 e. The van der Waals surface area contributed by atoms with Gasteiger partial charge in [-0.15, -0.1) is 0 Å². The van der Waals surface area contributed by atoms with E-state index in [1.165, 1.54) is 0 Å². The van der Waals surface area contributed by atoms with E-state index in [0.29, 0.717) is 29.2 Å². The van der Waals surface area contributed by atoms with E-state index >= 15 is 0 Å². The number of amides is 1. The van der Waals surface area contributed by atoms with Crippen molar-refractivity contribution in [3.05, 3.63) is 35.4 Å². The molecule has 0 fully saturated rings. The van der Waals surface area contributed by atoms with Crippen LogP contribution in [0.25, 0.3) is 0 Å². The molecule has 19 heavy (non-hydrogen) atoms. The summed E-state index contributed by atoms with van der Waals surface area (Å²) < 4.78 is 11.2. The molecule has 1 atom stereocenters. The van der Waals surface area contributed by atoms with Crippen LogP contribution in [0.5, 0.6) is 0 Å². The van der Waals surface area contributed by atoms with Crippen LogP contribution in [0.4, 0.5) is 0 Å². The third kappa shape index (κ3) is 5.69. The highest BCUT2D eigenvalue weighted by molar-refractivity contribution is 7.84. The highest BCUT2D eigenvalue weighted by Crippen LogP contribution is 2.03. The highest BCUT2D eigenvalue weighted by Gasteiger charge is 2.05. The van der Waals surface area contributed by atoms with E-state index < -0.39 is 10.8 Å². The van der Waals surface area contributed by atoms with Gasteiger partial charge in [-0.25, -0.2) is 0 Å². The second-order valence-electron chi connectivity index (χ2n) is 3.73. The number of aliphatic hydroxyl groups is 1. The van der Waals surface area contributed by atoms with Crippen molar-refractivity contribution in [1.29, 1.82) is 0 Å². The number of hydrogen-bond donors (Lipinski definition) is 2. The van der Waals surface area contributed by atoms with Crippen LogP contribution < -0.4 is 5.32 Å². The van der Waals surface area contributed by atoms with Crippen molar-refractivity contribution >= 4 is 16.7 Å². The van der Waals surface area contributed by atoms with Crippen molar-refractivity contribution in [2.45, 2.75) is 6.92 Å². The highest BCUT2D eigenvalue weighted by atomic mass is 32.2. The summed E-state index contributed by atoms with van der Waals surface area (Å²) in [5, 5.41) is 11.3. The molecule has 0 radical (unpaired) electrons. The Kier molecular flexibility index (Phi) is 6.86. The van der Waals surface area contributed by atoms with E-state index in [1.54, 1.807) is 24.3 Å². The summed E-state index contributed by atoms with van der Waals surface area (Å²) in [6.45, 7) is 2.03. The molecule has 0 bridgehead atoms. The molecule has 4 nitrogen and oxygen atoms in total. The number of aliphatic hydroxyl groups excluding tert-OH is 1. The van der Waals surface area contributed by atoms with Gasteiger partial charge in [0.2, 0.25) is 0 Å². The Morgan fingerprint density at radius 2 is 2.26 bits per heavy atom. The first-order valence-corrected chi connectivity index (χ1v) is 7.49. The van der Waals surface area contributed by atoms with Crippen molar-refractivity contribution < 1.29 is 14.1 Å². The van der Waals surface area contributed by atoms with Crippen LogP contribution in [-0.2, 0) is 10.8 Å². The lowest BCUT2D eigenvalue weighted by Gasteiger charge is -2.05. The summed E-state index contributed by atoms with van der Waals surface area (Å²) in [5.41, 5.74) is 1.19. The third-order valence-electron chi connectivity index (χ3n) is 2.37. The van der Waals surface area contributed by atoms with Gasteiger partial charge < -0.3 is 10.4 Å². The first kappa shape index (κ1) is 15.4. The summed E-state index contributed by atoms with van der Waals surface area (Å²) >= 11 is 0. The summed E-state index contributed by atoms with van der Waals surface area (Å²) in [4.78, 5) is 11.8. The van der Waals surface area contributed by atoms with Crippen molar-refractivity contribution in [2.24, 2.45) is 0 Å². The van der Waals surface area contributed by atoms with Crippen LogP contribution in [0.15, 0.2) is 24.3 Å². The molecule has 102 valence electrons. The first-order valence-electron chi connectivity index (χ1n) is 6.00. The summed E-state index contributed by atoms with van der Waals surface area (Å²) in [6.07, 6.45) is 0. The van der Waals surface area contributed by atoms with Crippen molar-refractivity contribution in [1.82, 2.24) is 5.32 Å². The van der Waals surface area contributed by atoms with E-state index in [-0.39, 0.29) is 12.5 Å². The van der Waals surface area contributed by atoms with E-state index in [4.69, 9.17) is 5.11 Å². The fourth-order valence-corrected chi connectivity index (χ4v) is 2.02. The molecule has 0 aromatic heterocycles. The average molecular weight is 279 g/mol. The summed E-state index contributed by atoms with van der Waals surface area (Å²) in [5.74, 6) is 6.13. The Morgan fingerprint density at radius 1 is 1.47 bits per heavy atom. The predicted molar refractivity (Wildman–Crippen MR) is 76.3 cm³/mol. The molecule has 1 aromatic carbocycles. The number of benzene rings is 1. The normalized spacial score (nSPS) is 11.3. The molecule has 2 N–H and O–H groups in total. The van der Waals surface area contributed by atoms with Gasteiger partial charge in [0.15, 0.2) is 0 Å². The SMILES string of the molecule is CCS(=O)CCNC(=O)c1cccc(C#CCO)c1. The smallest absolute Gasteiger partial charge is 0.251 e. The predicted octanol–water partition coefficient (Wildman–Crippen LogP) is 0.529. The van der Waals surface area contributed by atoms with Gasteiger partial charge in [-0.2, -0.15) is 0 Å². The molecule has 0 aliphatic carbocycles. The van der Waals surface area contributed by atoms with Gasteiger partial charge in [-0.3, -0.25) is 9.00 Å². The van der Waals surface area contributed by atoms with Gasteiger partial charge in [-0.05, 0) is 18.2 Å². The Bertz CT molecular complexity index is 517. The van der Waals surface area contributed by atoms with Crippen LogP contribution in [0, 0.1) is 11.8 Å². The van der Waals surface area contributed by atoms with Crippen molar-refractivity contribution in [3.8, 4) is 11.8 Å². The number of carbonyl (C=O) groups is 1. The second-order valence-corrected chi connectivity index (χ2v) is 5.59.